The van der Waals surface area contributed by atoms with Crippen LogP contribution in [0.5, 0.6) is 0 Å². The van der Waals surface area contributed by atoms with Gasteiger partial charge in [0.25, 0.3) is 5.95 Å². The van der Waals surface area contributed by atoms with E-state index in [4.69, 9.17) is 5.11 Å². The molecule has 0 saturated carbocycles. The summed E-state index contributed by atoms with van der Waals surface area (Å²) in [5.74, 6) is -1.53. The van der Waals surface area contributed by atoms with Crippen LogP contribution in [0.4, 0.5) is 45.5 Å². The number of aromatic nitrogens is 6. The van der Waals surface area contributed by atoms with E-state index in [2.05, 4.69) is 20.5 Å². The van der Waals surface area contributed by atoms with E-state index in [9.17, 15) is 44.3 Å². The molecule has 0 fully saturated rings. The molecule has 18 heteroatoms. The number of alkyl halides is 9. The summed E-state index contributed by atoms with van der Waals surface area (Å²) in [6.07, 6.45) is -13.4. The van der Waals surface area contributed by atoms with Crippen LogP contribution in [0.3, 0.4) is 0 Å². The summed E-state index contributed by atoms with van der Waals surface area (Å²) < 4.78 is 124. The van der Waals surface area contributed by atoms with Gasteiger partial charge in [0.15, 0.2) is 0 Å². The Bertz CT molecular complexity index is 1620. The lowest BCUT2D eigenvalue weighted by Gasteiger charge is -2.24. The SMILES string of the molecule is CCc1cn(CC(=O)O)nc1-c1ccc(C(F)(F)F)cc1CN(Cc1cc(C(F)(F)F)cc(C(F)(F)F)c1)c1nnn(C)n1. The molecule has 1 N–H and O–H groups in total. The summed E-state index contributed by atoms with van der Waals surface area (Å²) in [4.78, 5) is 13.3. The van der Waals surface area contributed by atoms with Crippen molar-refractivity contribution in [2.45, 2.75) is 51.5 Å². The normalized spacial score (nSPS) is 12.5. The first-order valence-corrected chi connectivity index (χ1v) is 12.6. The van der Waals surface area contributed by atoms with E-state index in [0.717, 1.165) is 32.6 Å². The molecule has 4 aromatic rings. The average Bonchev–Trinajstić information content (AvgIpc) is 3.52. The third-order valence-corrected chi connectivity index (χ3v) is 6.37. The van der Waals surface area contributed by atoms with Crippen LogP contribution in [0.15, 0.2) is 42.6 Å². The fourth-order valence-electron chi connectivity index (χ4n) is 4.43. The standard InChI is InChI=1S/C26H22F9N7O2/c1-3-15-12-42(13-21(43)44)37-22(15)20-5-4-17(24(27,28)29)8-16(20)11-41(23-36-39-40(2)38-23)10-14-6-18(25(30,31)32)9-19(7-14)26(33,34)35/h4-9,12H,3,10-11,13H2,1-2H3,(H,43,44). The summed E-state index contributed by atoms with van der Waals surface area (Å²) in [7, 11) is 1.33. The minimum absolute atomic E-state index is 0.0426. The summed E-state index contributed by atoms with van der Waals surface area (Å²) in [5.41, 5.74) is -4.08. The summed E-state index contributed by atoms with van der Waals surface area (Å²) in [5, 5.41) is 24.8. The van der Waals surface area contributed by atoms with Crippen LogP contribution in [0.1, 0.15) is 40.3 Å². The summed E-state index contributed by atoms with van der Waals surface area (Å²) >= 11 is 0. The van der Waals surface area contributed by atoms with Crippen molar-refractivity contribution in [2.24, 2.45) is 7.05 Å². The predicted molar refractivity (Wildman–Crippen MR) is 135 cm³/mol. The van der Waals surface area contributed by atoms with Crippen LogP contribution < -0.4 is 4.90 Å². The molecule has 0 unspecified atom stereocenters. The van der Waals surface area contributed by atoms with E-state index in [1.807, 2.05) is 0 Å². The molecular weight excluding hydrogens is 613 g/mol. The second kappa shape index (κ2) is 11.8. The zero-order valence-electron chi connectivity index (χ0n) is 22.8. The zero-order valence-corrected chi connectivity index (χ0v) is 22.8. The van der Waals surface area contributed by atoms with Crippen molar-refractivity contribution >= 4 is 11.9 Å². The van der Waals surface area contributed by atoms with Gasteiger partial charge in [-0.1, -0.05) is 18.1 Å². The second-order valence-corrected chi connectivity index (χ2v) is 9.67. The number of anilines is 1. The van der Waals surface area contributed by atoms with Crippen LogP contribution >= 0.6 is 0 Å². The number of tetrazole rings is 1. The molecule has 0 aliphatic rings. The van der Waals surface area contributed by atoms with Gasteiger partial charge in [0.2, 0.25) is 0 Å². The molecule has 0 spiro atoms. The third-order valence-electron chi connectivity index (χ3n) is 6.37. The molecule has 4 rings (SSSR count). The quantitative estimate of drug-likeness (QED) is 0.226. The van der Waals surface area contributed by atoms with E-state index in [1.165, 1.54) is 13.2 Å². The number of carbonyl (C=O) groups is 1. The Morgan fingerprint density at radius 3 is 1.95 bits per heavy atom. The van der Waals surface area contributed by atoms with Crippen molar-refractivity contribution < 1.29 is 49.4 Å². The Kier molecular flexibility index (Phi) is 8.66. The summed E-state index contributed by atoms with van der Waals surface area (Å²) in [6.45, 7) is -0.0767. The van der Waals surface area contributed by atoms with Gasteiger partial charge in [-0.25, -0.2) is 0 Å². The molecule has 0 bridgehead atoms. The van der Waals surface area contributed by atoms with Crippen LogP contribution in [0, 0.1) is 0 Å². The number of carboxylic acids is 1. The van der Waals surface area contributed by atoms with E-state index in [0.29, 0.717) is 24.1 Å². The maximum Gasteiger partial charge on any atom is 0.416 e. The lowest BCUT2D eigenvalue weighted by molar-refractivity contribution is -0.143. The lowest BCUT2D eigenvalue weighted by Crippen LogP contribution is -2.25. The minimum atomic E-state index is -5.13. The van der Waals surface area contributed by atoms with Crippen molar-refractivity contribution in [1.82, 2.24) is 30.0 Å². The first-order chi connectivity index (χ1) is 20.3. The van der Waals surface area contributed by atoms with E-state index in [-0.39, 0.29) is 28.8 Å². The molecule has 0 saturated heterocycles. The molecule has 236 valence electrons. The van der Waals surface area contributed by atoms with Crippen LogP contribution in [0.2, 0.25) is 0 Å². The van der Waals surface area contributed by atoms with Gasteiger partial charge in [0.05, 0.1) is 29.4 Å². The Morgan fingerprint density at radius 2 is 1.45 bits per heavy atom. The van der Waals surface area contributed by atoms with Gasteiger partial charge in [0, 0.05) is 24.8 Å². The fourth-order valence-corrected chi connectivity index (χ4v) is 4.43. The second-order valence-electron chi connectivity index (χ2n) is 9.67. The predicted octanol–water partition coefficient (Wildman–Crippen LogP) is 5.98. The zero-order chi connectivity index (χ0) is 32.6. The van der Waals surface area contributed by atoms with Gasteiger partial charge in [-0.2, -0.15) is 49.4 Å². The number of nitrogens with zero attached hydrogens (tertiary/aromatic N) is 7. The molecule has 0 aliphatic heterocycles. The monoisotopic (exact) mass is 635 g/mol. The Hall–Kier alpha value is -4.64. The average molecular weight is 635 g/mol. The molecular formula is C26H22F9N7O2. The minimum Gasteiger partial charge on any atom is -0.480 e. The molecule has 44 heavy (non-hydrogen) atoms. The topological polar surface area (TPSA) is 102 Å². The highest BCUT2D eigenvalue weighted by molar-refractivity contribution is 5.69. The number of rotatable bonds is 9. The van der Waals surface area contributed by atoms with Gasteiger partial charge in [-0.05, 0) is 58.7 Å². The summed E-state index contributed by atoms with van der Waals surface area (Å²) in [6, 6.07) is 3.60. The first-order valence-electron chi connectivity index (χ1n) is 12.6. The number of aliphatic carboxylic acids is 1. The van der Waals surface area contributed by atoms with Gasteiger partial charge in [-0.15, -0.1) is 5.10 Å². The number of hydrogen-bond donors (Lipinski definition) is 1. The Labute approximate surface area is 242 Å². The maximum atomic E-state index is 13.8. The van der Waals surface area contributed by atoms with Gasteiger partial charge < -0.3 is 10.0 Å². The number of carboxylic acid groups (broad SMARTS) is 1. The number of benzene rings is 2. The number of halogens is 9. The lowest BCUT2D eigenvalue weighted by atomic mass is 9.97. The van der Waals surface area contributed by atoms with Crippen molar-refractivity contribution in [2.75, 3.05) is 4.90 Å². The highest BCUT2D eigenvalue weighted by Crippen LogP contribution is 2.38. The molecule has 0 radical (unpaired) electrons. The first kappa shape index (κ1) is 32.3. The molecule has 9 nitrogen and oxygen atoms in total. The smallest absolute Gasteiger partial charge is 0.416 e. The Balaban J connectivity index is 1.87. The number of hydrogen-bond acceptors (Lipinski definition) is 6. The van der Waals surface area contributed by atoms with Gasteiger partial charge >= 0.3 is 24.5 Å². The van der Waals surface area contributed by atoms with Crippen molar-refractivity contribution in [3.05, 3.63) is 76.0 Å². The number of aryl methyl sites for hydroxylation is 2. The molecule has 0 amide bonds. The third kappa shape index (κ3) is 7.46. The van der Waals surface area contributed by atoms with Crippen molar-refractivity contribution in [1.29, 1.82) is 0 Å². The molecule has 0 atom stereocenters. The van der Waals surface area contributed by atoms with Crippen LogP contribution in [-0.2, 0) is 56.4 Å². The van der Waals surface area contributed by atoms with Gasteiger partial charge in [0.1, 0.15) is 6.54 Å². The highest BCUT2D eigenvalue weighted by Gasteiger charge is 2.37. The van der Waals surface area contributed by atoms with Crippen molar-refractivity contribution in [3.63, 3.8) is 0 Å². The van der Waals surface area contributed by atoms with Crippen LogP contribution in [-0.4, -0.2) is 41.1 Å². The highest BCUT2D eigenvalue weighted by atomic mass is 19.4. The van der Waals surface area contributed by atoms with E-state index < -0.39 is 66.4 Å². The molecule has 2 aromatic carbocycles. The van der Waals surface area contributed by atoms with E-state index >= 15 is 0 Å². The fraction of sp³-hybridized carbons (Fsp3) is 0.346. The molecule has 2 aromatic heterocycles. The molecule has 0 aliphatic carbocycles. The van der Waals surface area contributed by atoms with Gasteiger partial charge in [-0.3, -0.25) is 9.48 Å². The van der Waals surface area contributed by atoms with Crippen LogP contribution in [0.25, 0.3) is 11.3 Å². The molecule has 2 heterocycles. The van der Waals surface area contributed by atoms with Crippen molar-refractivity contribution in [3.8, 4) is 11.3 Å². The Morgan fingerprint density at radius 1 is 0.841 bits per heavy atom. The largest absolute Gasteiger partial charge is 0.480 e. The van der Waals surface area contributed by atoms with E-state index in [1.54, 1.807) is 6.92 Å². The maximum absolute atomic E-state index is 13.8.